The number of hydrogen-bond donors (Lipinski definition) is 2. The molecule has 2 rings (SSSR count). The number of nitrogens with one attached hydrogen (secondary N) is 1. The summed E-state index contributed by atoms with van der Waals surface area (Å²) in [6.45, 7) is 2.52. The van der Waals surface area contributed by atoms with E-state index in [9.17, 15) is 8.42 Å². The average Bonchev–Trinajstić information content (AvgIpc) is 2.39. The quantitative estimate of drug-likeness (QED) is 0.593. The molecule has 0 aliphatic carbocycles. The zero-order chi connectivity index (χ0) is 13.2. The van der Waals surface area contributed by atoms with Crippen molar-refractivity contribution in [3.8, 4) is 0 Å². The predicted molar refractivity (Wildman–Crippen MR) is 70.5 cm³/mol. The van der Waals surface area contributed by atoms with Crippen LogP contribution >= 0.6 is 0 Å². The Balaban J connectivity index is 2.30. The van der Waals surface area contributed by atoms with Gasteiger partial charge in [-0.05, 0) is 19.2 Å². The summed E-state index contributed by atoms with van der Waals surface area (Å²) in [7, 11) is -1.48. The number of nitrogens with zero attached hydrogens (tertiary/aromatic N) is 2. The molecule has 0 atom stereocenters. The number of anilines is 1. The summed E-state index contributed by atoms with van der Waals surface area (Å²) in [6, 6.07) is 6.67. The van der Waals surface area contributed by atoms with Crippen LogP contribution in [0.5, 0.6) is 0 Å². The highest BCUT2D eigenvalue weighted by Gasteiger charge is 2.29. The van der Waals surface area contributed by atoms with E-state index in [-0.39, 0.29) is 4.90 Å². The Bertz CT molecular complexity index is 510. The normalized spacial score (nSPS) is 18.8. The maximum atomic E-state index is 12.5. The largest absolute Gasteiger partial charge is 0.323 e. The monoisotopic (exact) mass is 270 g/mol. The second kappa shape index (κ2) is 5.23. The first-order chi connectivity index (χ1) is 8.55. The maximum absolute atomic E-state index is 12.5. The van der Waals surface area contributed by atoms with Crippen LogP contribution in [0.2, 0.25) is 0 Å². The van der Waals surface area contributed by atoms with E-state index in [1.807, 2.05) is 7.05 Å². The minimum atomic E-state index is -3.46. The van der Waals surface area contributed by atoms with Crippen molar-refractivity contribution in [1.29, 1.82) is 0 Å². The highest BCUT2D eigenvalue weighted by Crippen LogP contribution is 2.24. The molecule has 1 heterocycles. The molecule has 1 aliphatic heterocycles. The lowest BCUT2D eigenvalue weighted by Gasteiger charge is -2.31. The van der Waals surface area contributed by atoms with E-state index in [4.69, 9.17) is 5.84 Å². The van der Waals surface area contributed by atoms with Gasteiger partial charge in [0.2, 0.25) is 10.0 Å². The molecule has 0 amide bonds. The van der Waals surface area contributed by atoms with Crippen molar-refractivity contribution < 1.29 is 8.42 Å². The Morgan fingerprint density at radius 2 is 1.78 bits per heavy atom. The molecule has 0 aromatic heterocycles. The van der Waals surface area contributed by atoms with Crippen LogP contribution in [0.3, 0.4) is 0 Å². The summed E-state index contributed by atoms with van der Waals surface area (Å²) >= 11 is 0. The number of likely N-dealkylation sites (N-methyl/N-ethyl adjacent to an activating group) is 1. The first-order valence-electron chi connectivity index (χ1n) is 5.80. The molecular weight excluding hydrogens is 252 g/mol. The van der Waals surface area contributed by atoms with Crippen molar-refractivity contribution in [1.82, 2.24) is 9.21 Å². The van der Waals surface area contributed by atoms with Crippen molar-refractivity contribution >= 4 is 15.7 Å². The average molecular weight is 270 g/mol. The molecule has 1 aromatic carbocycles. The van der Waals surface area contributed by atoms with Crippen LogP contribution in [0, 0.1) is 0 Å². The third kappa shape index (κ3) is 2.49. The second-order valence-corrected chi connectivity index (χ2v) is 6.25. The van der Waals surface area contributed by atoms with E-state index in [2.05, 4.69) is 10.3 Å². The summed E-state index contributed by atoms with van der Waals surface area (Å²) in [4.78, 5) is 2.34. The molecule has 3 N–H and O–H groups in total. The first kappa shape index (κ1) is 13.3. The number of nitrogen functional groups attached to an aromatic ring is 1. The van der Waals surface area contributed by atoms with Gasteiger partial charge < -0.3 is 10.3 Å². The fourth-order valence-corrected chi connectivity index (χ4v) is 3.56. The van der Waals surface area contributed by atoms with E-state index in [1.165, 1.54) is 4.31 Å². The molecule has 1 fully saturated rings. The van der Waals surface area contributed by atoms with E-state index in [1.54, 1.807) is 24.3 Å². The molecule has 1 aliphatic rings. The standard InChI is InChI=1S/C11H18N4O2S/c1-14-6-8-15(9-7-14)18(16,17)11-5-3-2-4-10(11)13-12/h2-5,13H,6-9,12H2,1H3. The molecular formula is C11H18N4O2S. The molecule has 1 saturated heterocycles. The maximum Gasteiger partial charge on any atom is 0.245 e. The molecule has 0 bridgehead atoms. The van der Waals surface area contributed by atoms with Crippen LogP contribution < -0.4 is 11.3 Å². The van der Waals surface area contributed by atoms with Gasteiger partial charge in [0.25, 0.3) is 0 Å². The number of piperazine rings is 1. The highest BCUT2D eigenvalue weighted by molar-refractivity contribution is 7.89. The lowest BCUT2D eigenvalue weighted by atomic mass is 10.3. The van der Waals surface area contributed by atoms with Crippen LogP contribution in [-0.2, 0) is 10.0 Å². The molecule has 0 saturated carbocycles. The first-order valence-corrected chi connectivity index (χ1v) is 7.24. The minimum Gasteiger partial charge on any atom is -0.323 e. The number of rotatable bonds is 3. The smallest absolute Gasteiger partial charge is 0.245 e. The van der Waals surface area contributed by atoms with Crippen molar-refractivity contribution in [2.24, 2.45) is 5.84 Å². The van der Waals surface area contributed by atoms with Gasteiger partial charge in [-0.1, -0.05) is 12.1 Å². The van der Waals surface area contributed by atoms with Gasteiger partial charge in [-0.2, -0.15) is 4.31 Å². The van der Waals surface area contributed by atoms with Crippen molar-refractivity contribution in [3.63, 3.8) is 0 Å². The summed E-state index contributed by atoms with van der Waals surface area (Å²) in [5, 5.41) is 0. The molecule has 100 valence electrons. The third-order valence-electron chi connectivity index (χ3n) is 3.12. The number of hydrogen-bond acceptors (Lipinski definition) is 5. The van der Waals surface area contributed by atoms with Crippen LogP contribution in [0.1, 0.15) is 0 Å². The molecule has 18 heavy (non-hydrogen) atoms. The SMILES string of the molecule is CN1CCN(S(=O)(=O)c2ccccc2NN)CC1. The van der Waals surface area contributed by atoms with Crippen LogP contribution in [0.4, 0.5) is 5.69 Å². The summed E-state index contributed by atoms with van der Waals surface area (Å²) < 4.78 is 26.5. The van der Waals surface area contributed by atoms with E-state index < -0.39 is 10.0 Å². The van der Waals surface area contributed by atoms with Gasteiger partial charge in [-0.3, -0.25) is 5.84 Å². The van der Waals surface area contributed by atoms with E-state index in [0.29, 0.717) is 18.8 Å². The minimum absolute atomic E-state index is 0.233. The lowest BCUT2D eigenvalue weighted by molar-refractivity contribution is 0.222. The summed E-state index contributed by atoms with van der Waals surface area (Å²) in [5.74, 6) is 5.36. The number of sulfonamides is 1. The predicted octanol–water partition coefficient (Wildman–Crippen LogP) is -0.0917. The van der Waals surface area contributed by atoms with Crippen LogP contribution in [-0.4, -0.2) is 50.8 Å². The van der Waals surface area contributed by atoms with Gasteiger partial charge in [0, 0.05) is 26.2 Å². The van der Waals surface area contributed by atoms with E-state index in [0.717, 1.165) is 13.1 Å². The Morgan fingerprint density at radius 3 is 2.39 bits per heavy atom. The fraction of sp³-hybridized carbons (Fsp3) is 0.455. The zero-order valence-electron chi connectivity index (χ0n) is 10.3. The third-order valence-corrected chi connectivity index (χ3v) is 5.08. The molecule has 0 unspecified atom stereocenters. The van der Waals surface area contributed by atoms with Gasteiger partial charge in [-0.25, -0.2) is 8.42 Å². The second-order valence-electron chi connectivity index (χ2n) is 4.35. The summed E-state index contributed by atoms with van der Waals surface area (Å²) in [6.07, 6.45) is 0. The van der Waals surface area contributed by atoms with Gasteiger partial charge in [0.1, 0.15) is 4.90 Å². The molecule has 0 radical (unpaired) electrons. The fourth-order valence-electron chi connectivity index (χ4n) is 1.98. The topological polar surface area (TPSA) is 78.7 Å². The molecule has 0 spiro atoms. The van der Waals surface area contributed by atoms with E-state index >= 15 is 0 Å². The Morgan fingerprint density at radius 1 is 1.17 bits per heavy atom. The van der Waals surface area contributed by atoms with Crippen molar-refractivity contribution in [2.45, 2.75) is 4.90 Å². The van der Waals surface area contributed by atoms with Gasteiger partial charge >= 0.3 is 0 Å². The van der Waals surface area contributed by atoms with Crippen LogP contribution in [0.15, 0.2) is 29.2 Å². The zero-order valence-corrected chi connectivity index (χ0v) is 11.2. The number of hydrazine groups is 1. The van der Waals surface area contributed by atoms with Gasteiger partial charge in [0.05, 0.1) is 5.69 Å². The van der Waals surface area contributed by atoms with Crippen LogP contribution in [0.25, 0.3) is 0 Å². The van der Waals surface area contributed by atoms with Crippen molar-refractivity contribution in [2.75, 3.05) is 38.7 Å². The molecule has 1 aromatic rings. The number of nitrogens with two attached hydrogens (primary N) is 1. The lowest BCUT2D eigenvalue weighted by Crippen LogP contribution is -2.47. The van der Waals surface area contributed by atoms with Gasteiger partial charge in [-0.15, -0.1) is 0 Å². The number of benzene rings is 1. The summed E-state index contributed by atoms with van der Waals surface area (Å²) in [5.41, 5.74) is 2.86. The Hall–Kier alpha value is -1.15. The Labute approximate surface area is 107 Å². The van der Waals surface area contributed by atoms with Gasteiger partial charge in [0.15, 0.2) is 0 Å². The molecule has 6 nitrogen and oxygen atoms in total. The van der Waals surface area contributed by atoms with Crippen molar-refractivity contribution in [3.05, 3.63) is 24.3 Å². The molecule has 7 heteroatoms. The Kier molecular flexibility index (Phi) is 3.86. The number of para-hydroxylation sites is 1. The highest BCUT2D eigenvalue weighted by atomic mass is 32.2.